The van der Waals surface area contributed by atoms with Gasteiger partial charge < -0.3 is 54.0 Å². The van der Waals surface area contributed by atoms with E-state index in [1.165, 1.54) is 35.2 Å². The number of benzene rings is 1. The van der Waals surface area contributed by atoms with E-state index in [1.807, 2.05) is 0 Å². The molecule has 18 nitrogen and oxygen atoms in total. The molecule has 2 aromatic rings. The van der Waals surface area contributed by atoms with Crippen LogP contribution in [0.1, 0.15) is 30.5 Å². The Hall–Kier alpha value is -5.11. The van der Waals surface area contributed by atoms with E-state index in [0.717, 1.165) is 0 Å². The number of primary amides is 1. The number of carbonyl (C=O) groups is 6. The number of thiazole rings is 1. The number of phenols is 1. The molecule has 0 unspecified atom stereocenters. The third-order valence-electron chi connectivity index (χ3n) is 6.77. The Balaban J connectivity index is 1.92. The van der Waals surface area contributed by atoms with E-state index in [1.54, 1.807) is 17.5 Å². The summed E-state index contributed by atoms with van der Waals surface area (Å²) in [7, 11) is 0. The van der Waals surface area contributed by atoms with Crippen molar-refractivity contribution in [2.24, 2.45) is 22.2 Å². The molecular weight excluding hydrogens is 669 g/mol. The van der Waals surface area contributed by atoms with Crippen LogP contribution in [-0.2, 0) is 40.9 Å². The van der Waals surface area contributed by atoms with Crippen LogP contribution in [0.25, 0.3) is 0 Å². The number of hydrogen-bond donors (Lipinski definition) is 10. The van der Waals surface area contributed by atoms with E-state index in [2.05, 4.69) is 36.6 Å². The number of carboxylic acid groups (broad SMARTS) is 1. The molecule has 13 N–H and O–H groups in total. The summed E-state index contributed by atoms with van der Waals surface area (Å²) in [6, 6.07) is 1.37. The Morgan fingerprint density at radius 1 is 0.938 bits per heavy atom. The van der Waals surface area contributed by atoms with E-state index in [9.17, 15) is 39.0 Å². The number of carboxylic acids is 1. The SMILES string of the molecule is NC(=O)[C@@H]1CSCc2csc(n2)N[C@@H](Cc2ccc(O)cc2)C(=O)N[C@@H](CCCN=C(N)N)C(=O)NCC(=O)N[C@@H](CC(=O)O)C(=O)N1. The maximum absolute atomic E-state index is 13.7. The second-order valence-corrected chi connectivity index (χ2v) is 12.5. The van der Waals surface area contributed by atoms with Crippen LogP contribution in [0.4, 0.5) is 5.13 Å². The molecule has 260 valence electrons. The van der Waals surface area contributed by atoms with Crippen LogP contribution >= 0.6 is 23.1 Å². The summed E-state index contributed by atoms with van der Waals surface area (Å²) < 4.78 is 0. The van der Waals surface area contributed by atoms with Crippen LogP contribution in [0.2, 0.25) is 0 Å². The summed E-state index contributed by atoms with van der Waals surface area (Å²) in [6.07, 6.45) is -0.330. The third-order valence-corrected chi connectivity index (χ3v) is 8.66. The van der Waals surface area contributed by atoms with Crippen molar-refractivity contribution < 1.29 is 39.0 Å². The van der Waals surface area contributed by atoms with E-state index >= 15 is 0 Å². The van der Waals surface area contributed by atoms with E-state index in [4.69, 9.17) is 17.2 Å². The fourth-order valence-electron chi connectivity index (χ4n) is 4.38. The largest absolute Gasteiger partial charge is 0.508 e. The fourth-order valence-corrected chi connectivity index (χ4v) is 6.21. The molecule has 0 fully saturated rings. The molecule has 3 rings (SSSR count). The number of nitrogens with two attached hydrogens (primary N) is 3. The highest BCUT2D eigenvalue weighted by molar-refractivity contribution is 7.98. The van der Waals surface area contributed by atoms with Crippen molar-refractivity contribution in [1.82, 2.24) is 26.3 Å². The van der Waals surface area contributed by atoms with Gasteiger partial charge in [0, 0.05) is 29.9 Å². The molecule has 0 spiro atoms. The molecule has 1 aliphatic heterocycles. The lowest BCUT2D eigenvalue weighted by Gasteiger charge is -2.24. The minimum atomic E-state index is -1.59. The summed E-state index contributed by atoms with van der Waals surface area (Å²) in [6.45, 7) is -0.523. The maximum atomic E-state index is 13.7. The minimum Gasteiger partial charge on any atom is -0.508 e. The van der Waals surface area contributed by atoms with Gasteiger partial charge in [-0.25, -0.2) is 4.98 Å². The first-order valence-electron chi connectivity index (χ1n) is 14.6. The summed E-state index contributed by atoms with van der Waals surface area (Å²) >= 11 is 2.44. The molecule has 0 saturated carbocycles. The number of carbonyl (C=O) groups excluding carboxylic acids is 5. The Kier molecular flexibility index (Phi) is 14.2. The average Bonchev–Trinajstić information content (AvgIpc) is 3.47. The van der Waals surface area contributed by atoms with Gasteiger partial charge >= 0.3 is 5.97 Å². The predicted octanol–water partition coefficient (Wildman–Crippen LogP) is -2.30. The second kappa shape index (κ2) is 18.3. The lowest BCUT2D eigenvalue weighted by atomic mass is 10.0. The van der Waals surface area contributed by atoms with E-state index in [-0.39, 0.29) is 43.3 Å². The van der Waals surface area contributed by atoms with Crippen molar-refractivity contribution in [2.45, 2.75) is 55.6 Å². The molecule has 5 amide bonds. The highest BCUT2D eigenvalue weighted by atomic mass is 32.2. The van der Waals surface area contributed by atoms with Gasteiger partial charge in [-0.15, -0.1) is 11.3 Å². The normalized spacial score (nSPS) is 21.3. The lowest BCUT2D eigenvalue weighted by molar-refractivity contribution is -0.141. The summed E-state index contributed by atoms with van der Waals surface area (Å²) in [5.41, 5.74) is 17.5. The van der Waals surface area contributed by atoms with E-state index < -0.39 is 72.6 Å². The topological polar surface area (TPSA) is 306 Å². The maximum Gasteiger partial charge on any atom is 0.305 e. The molecule has 1 aliphatic rings. The zero-order chi connectivity index (χ0) is 35.2. The second-order valence-electron chi connectivity index (χ2n) is 10.6. The molecular formula is C28H38N10O8S2. The molecule has 1 aromatic heterocycles. The first-order valence-corrected chi connectivity index (χ1v) is 16.6. The Labute approximate surface area is 283 Å². The van der Waals surface area contributed by atoms with Crippen molar-refractivity contribution in [3.63, 3.8) is 0 Å². The minimum absolute atomic E-state index is 0.0155. The third kappa shape index (κ3) is 12.6. The summed E-state index contributed by atoms with van der Waals surface area (Å²) in [5, 5.41) is 34.0. The van der Waals surface area contributed by atoms with Gasteiger partial charge in [-0.3, -0.25) is 33.8 Å². The highest BCUT2D eigenvalue weighted by Gasteiger charge is 2.30. The number of nitrogens with zero attached hydrogens (tertiary/aromatic N) is 2. The van der Waals surface area contributed by atoms with Gasteiger partial charge in [0.25, 0.3) is 0 Å². The highest BCUT2D eigenvalue weighted by Crippen LogP contribution is 2.22. The van der Waals surface area contributed by atoms with Gasteiger partial charge in [0.1, 0.15) is 29.9 Å². The Bertz CT molecular complexity index is 1500. The number of nitrogens with one attached hydrogen (secondary N) is 5. The predicted molar refractivity (Wildman–Crippen MR) is 178 cm³/mol. The Morgan fingerprint density at radius 3 is 2.31 bits per heavy atom. The standard InChI is InChI=1S/C28H38N10O8S2/c29-23(43)20-13-47-11-15-12-48-28(34-15)38-18(8-14-3-5-16(39)6-4-14)25(45)36-17(2-1-7-32-27(30)31)24(44)33-10-21(40)35-19(9-22(41)42)26(46)37-20/h3-6,12,17-20,39H,1-2,7-11,13H2,(H2,29,43)(H,33,44)(H,34,38)(H,35,40)(H,36,45)(H,37,46)(H,41,42)(H4,30,31,32)/t17-,18-,19-,20-/m0/s1. The van der Waals surface area contributed by atoms with Gasteiger partial charge in [-0.2, -0.15) is 11.8 Å². The van der Waals surface area contributed by atoms with Crippen molar-refractivity contribution in [2.75, 3.05) is 24.2 Å². The number of aliphatic imine (C=N–C) groups is 1. The molecule has 48 heavy (non-hydrogen) atoms. The fraction of sp³-hybridized carbons (Fsp3) is 0.429. The molecule has 4 atom stereocenters. The number of hydrogen-bond acceptors (Lipinski definition) is 12. The van der Waals surface area contributed by atoms with Crippen LogP contribution in [0.15, 0.2) is 34.6 Å². The van der Waals surface area contributed by atoms with Gasteiger partial charge in [-0.05, 0) is 30.5 Å². The number of thioether (sulfide) groups is 1. The first kappa shape index (κ1) is 37.3. The number of rotatable bonds is 9. The van der Waals surface area contributed by atoms with Crippen molar-refractivity contribution >= 4 is 69.7 Å². The number of fused-ring (bicyclic) bond motifs is 2. The first-order chi connectivity index (χ1) is 22.8. The molecule has 2 bridgehead atoms. The van der Waals surface area contributed by atoms with E-state index in [0.29, 0.717) is 22.1 Å². The molecule has 2 heterocycles. The van der Waals surface area contributed by atoms with Crippen molar-refractivity contribution in [3.8, 4) is 5.75 Å². The number of aliphatic carboxylic acids is 1. The number of aromatic nitrogens is 1. The van der Waals surface area contributed by atoms with Crippen LogP contribution in [-0.4, -0.2) is 99.7 Å². The molecule has 1 aromatic carbocycles. The zero-order valence-corrected chi connectivity index (χ0v) is 27.3. The van der Waals surface area contributed by atoms with Gasteiger partial charge in [-0.1, -0.05) is 12.1 Å². The summed E-state index contributed by atoms with van der Waals surface area (Å²) in [4.78, 5) is 84.6. The lowest BCUT2D eigenvalue weighted by Crippen LogP contribution is -2.56. The van der Waals surface area contributed by atoms with Gasteiger partial charge in [0.2, 0.25) is 29.5 Å². The molecule has 0 aliphatic carbocycles. The molecule has 0 saturated heterocycles. The molecule has 20 heteroatoms. The monoisotopic (exact) mass is 706 g/mol. The molecule has 0 radical (unpaired) electrons. The van der Waals surface area contributed by atoms with Crippen LogP contribution in [0, 0.1) is 0 Å². The van der Waals surface area contributed by atoms with Gasteiger partial charge in [0.05, 0.1) is 18.7 Å². The zero-order valence-electron chi connectivity index (χ0n) is 25.6. The van der Waals surface area contributed by atoms with Crippen LogP contribution in [0.3, 0.4) is 0 Å². The van der Waals surface area contributed by atoms with Crippen molar-refractivity contribution in [3.05, 3.63) is 40.9 Å². The number of anilines is 1. The number of amides is 5. The Morgan fingerprint density at radius 2 is 1.65 bits per heavy atom. The van der Waals surface area contributed by atoms with Gasteiger partial charge in [0.15, 0.2) is 11.1 Å². The quantitative estimate of drug-likeness (QED) is 0.0746. The number of aromatic hydroxyl groups is 1. The smallest absolute Gasteiger partial charge is 0.305 e. The summed E-state index contributed by atoms with van der Waals surface area (Å²) in [5.74, 6) is -5.26. The van der Waals surface area contributed by atoms with Crippen LogP contribution < -0.4 is 43.8 Å². The van der Waals surface area contributed by atoms with Crippen LogP contribution in [0.5, 0.6) is 5.75 Å². The average molecular weight is 707 g/mol. The number of phenolic OH excluding ortho intramolecular Hbond substituents is 1. The number of guanidine groups is 1. The van der Waals surface area contributed by atoms with Crippen molar-refractivity contribution in [1.29, 1.82) is 0 Å².